The number of likely N-dealkylation sites (tertiary alicyclic amines) is 1. The molecule has 1 saturated heterocycles. The molecule has 1 fully saturated rings. The van der Waals surface area contributed by atoms with Gasteiger partial charge >= 0.3 is 0 Å². The van der Waals surface area contributed by atoms with Gasteiger partial charge in [-0.2, -0.15) is 0 Å². The minimum absolute atomic E-state index is 0. The van der Waals surface area contributed by atoms with Gasteiger partial charge in [-0.1, -0.05) is 23.7 Å². The molecule has 0 saturated carbocycles. The first-order valence-electron chi connectivity index (χ1n) is 9.04. The van der Waals surface area contributed by atoms with E-state index in [2.05, 4.69) is 16.8 Å². The summed E-state index contributed by atoms with van der Waals surface area (Å²) < 4.78 is 25.9. The number of piperidine rings is 1. The number of hydrogen-bond donors (Lipinski definition) is 0. The highest BCUT2D eigenvalue weighted by Gasteiger charge is 2.30. The fourth-order valence-corrected chi connectivity index (χ4v) is 5.87. The van der Waals surface area contributed by atoms with E-state index < -0.39 is 9.84 Å². The molecule has 146 valence electrons. The van der Waals surface area contributed by atoms with Gasteiger partial charge in [0.05, 0.1) is 14.8 Å². The zero-order valence-corrected chi connectivity index (χ0v) is 17.7. The van der Waals surface area contributed by atoms with E-state index in [9.17, 15) is 8.42 Å². The average Bonchev–Trinajstić information content (AvgIpc) is 3.06. The average molecular weight is 427 g/mol. The van der Waals surface area contributed by atoms with Crippen LogP contribution in [0.1, 0.15) is 18.4 Å². The molecule has 0 aliphatic carbocycles. The van der Waals surface area contributed by atoms with Gasteiger partial charge in [0.2, 0.25) is 9.84 Å². The summed E-state index contributed by atoms with van der Waals surface area (Å²) in [6.07, 6.45) is 3.22. The summed E-state index contributed by atoms with van der Waals surface area (Å²) in [5.41, 5.74) is 2.31. The van der Waals surface area contributed by atoms with Gasteiger partial charge in [-0.3, -0.25) is 0 Å². The highest BCUT2D eigenvalue weighted by molar-refractivity contribution is 7.91. The highest BCUT2D eigenvalue weighted by Crippen LogP contribution is 2.36. The van der Waals surface area contributed by atoms with Crippen molar-refractivity contribution in [3.05, 3.63) is 53.1 Å². The molecule has 27 heavy (non-hydrogen) atoms. The van der Waals surface area contributed by atoms with E-state index in [4.69, 9.17) is 11.6 Å². The molecule has 0 atom stereocenters. The van der Waals surface area contributed by atoms with Gasteiger partial charge in [0.25, 0.3) is 0 Å². The lowest BCUT2D eigenvalue weighted by molar-refractivity contribution is 0.251. The number of hydrogen-bond acceptors (Lipinski definition) is 4. The minimum Gasteiger partial charge on any atom is -0.368 e. The van der Waals surface area contributed by atoms with Crippen molar-refractivity contribution in [3.8, 4) is 0 Å². The lowest BCUT2D eigenvalue weighted by atomic mass is 10.0. The number of anilines is 1. The molecule has 7 heteroatoms. The van der Waals surface area contributed by atoms with Crippen LogP contribution in [0.5, 0.6) is 0 Å². The van der Waals surface area contributed by atoms with Crippen LogP contribution in [-0.4, -0.2) is 46.0 Å². The molecule has 2 aromatic carbocycles. The van der Waals surface area contributed by atoms with Crippen LogP contribution < -0.4 is 4.90 Å². The van der Waals surface area contributed by atoms with Crippen molar-refractivity contribution in [2.45, 2.75) is 35.1 Å². The number of halogens is 2. The Morgan fingerprint density at radius 3 is 2.44 bits per heavy atom. The summed E-state index contributed by atoms with van der Waals surface area (Å²) in [6, 6.07) is 12.7. The molecule has 2 aromatic rings. The van der Waals surface area contributed by atoms with Crippen molar-refractivity contribution >= 4 is 39.5 Å². The Kier molecular flexibility index (Phi) is 6.06. The van der Waals surface area contributed by atoms with Gasteiger partial charge in [0.15, 0.2) is 0 Å². The molecule has 0 aromatic heterocycles. The van der Waals surface area contributed by atoms with Crippen molar-refractivity contribution < 1.29 is 8.42 Å². The van der Waals surface area contributed by atoms with Gasteiger partial charge in [-0.15, -0.1) is 12.4 Å². The summed E-state index contributed by atoms with van der Waals surface area (Å²) in [4.78, 5) is 5.34. The number of nitrogens with zero attached hydrogens (tertiary/aromatic N) is 2. The third kappa shape index (κ3) is 3.83. The van der Waals surface area contributed by atoms with Crippen molar-refractivity contribution in [1.82, 2.24) is 4.90 Å². The van der Waals surface area contributed by atoms with Crippen molar-refractivity contribution in [2.75, 3.05) is 31.6 Å². The second kappa shape index (κ2) is 8.00. The molecule has 2 heterocycles. The van der Waals surface area contributed by atoms with E-state index in [0.29, 0.717) is 10.9 Å². The normalized spacial score (nSPS) is 18.2. The molecule has 2 aliphatic heterocycles. The molecule has 4 rings (SSSR count). The topological polar surface area (TPSA) is 40.6 Å². The standard InChI is InChI=1S/C20H23ClN2O2S.ClH/c1-22-11-9-16(10-12-22)23-13-8-15-14-17(6-7-19(15)23)26(24,25)20-5-3-2-4-18(20)21;/h2-7,14,16H,8-13H2,1H3;1H. The van der Waals surface area contributed by atoms with Crippen molar-refractivity contribution in [1.29, 1.82) is 0 Å². The molecule has 0 N–H and O–H groups in total. The van der Waals surface area contributed by atoms with Crippen LogP contribution in [-0.2, 0) is 16.3 Å². The monoisotopic (exact) mass is 426 g/mol. The van der Waals surface area contributed by atoms with E-state index >= 15 is 0 Å². The predicted octanol–water partition coefficient (Wildman–Crippen LogP) is 4.05. The number of sulfone groups is 1. The lowest BCUT2D eigenvalue weighted by Gasteiger charge is -2.36. The van der Waals surface area contributed by atoms with Crippen LogP contribution in [0.4, 0.5) is 5.69 Å². The largest absolute Gasteiger partial charge is 0.368 e. The first-order chi connectivity index (χ1) is 12.5. The van der Waals surface area contributed by atoms with E-state index in [1.165, 1.54) is 5.69 Å². The Hall–Kier alpha value is -1.27. The quantitative estimate of drug-likeness (QED) is 0.741. The van der Waals surface area contributed by atoms with Gasteiger partial charge in [0.1, 0.15) is 0 Å². The highest BCUT2D eigenvalue weighted by atomic mass is 35.5. The maximum atomic E-state index is 13.0. The molecule has 0 radical (unpaired) electrons. The molecule has 4 nitrogen and oxygen atoms in total. The number of fused-ring (bicyclic) bond motifs is 1. The van der Waals surface area contributed by atoms with Crippen LogP contribution in [0.25, 0.3) is 0 Å². The Morgan fingerprint density at radius 2 is 1.74 bits per heavy atom. The van der Waals surface area contributed by atoms with E-state index in [0.717, 1.165) is 44.5 Å². The molecule has 0 amide bonds. The van der Waals surface area contributed by atoms with Crippen molar-refractivity contribution in [2.24, 2.45) is 0 Å². The fraction of sp³-hybridized carbons (Fsp3) is 0.400. The molecule has 0 unspecified atom stereocenters. The maximum Gasteiger partial charge on any atom is 0.208 e. The third-order valence-electron chi connectivity index (χ3n) is 5.55. The van der Waals surface area contributed by atoms with Gasteiger partial charge in [0, 0.05) is 18.3 Å². The molecular weight excluding hydrogens is 403 g/mol. The van der Waals surface area contributed by atoms with E-state index in [-0.39, 0.29) is 22.3 Å². The van der Waals surface area contributed by atoms with Crippen LogP contribution in [0, 0.1) is 0 Å². The van der Waals surface area contributed by atoms with Crippen LogP contribution in [0.2, 0.25) is 5.02 Å². The van der Waals surface area contributed by atoms with Crippen LogP contribution in [0.15, 0.2) is 52.3 Å². The first-order valence-corrected chi connectivity index (χ1v) is 10.9. The zero-order valence-electron chi connectivity index (χ0n) is 15.3. The minimum atomic E-state index is -3.60. The zero-order chi connectivity index (χ0) is 18.3. The fourth-order valence-electron chi connectivity index (χ4n) is 4.05. The predicted molar refractivity (Wildman–Crippen MR) is 112 cm³/mol. The Bertz CT molecular complexity index is 925. The van der Waals surface area contributed by atoms with Gasteiger partial charge in [-0.25, -0.2) is 8.42 Å². The molecule has 0 bridgehead atoms. The van der Waals surface area contributed by atoms with Gasteiger partial charge < -0.3 is 9.80 Å². The summed E-state index contributed by atoms with van der Waals surface area (Å²) in [6.45, 7) is 3.21. The van der Waals surface area contributed by atoms with Crippen LogP contribution in [0.3, 0.4) is 0 Å². The Morgan fingerprint density at radius 1 is 1.04 bits per heavy atom. The summed E-state index contributed by atoms with van der Waals surface area (Å²) in [5, 5.41) is 0.265. The Balaban J connectivity index is 0.00000210. The smallest absolute Gasteiger partial charge is 0.208 e. The SMILES string of the molecule is CN1CCC(N2CCc3cc(S(=O)(=O)c4ccccc4Cl)ccc32)CC1.Cl. The summed E-state index contributed by atoms with van der Waals surface area (Å²) in [7, 11) is -1.43. The third-order valence-corrected chi connectivity index (χ3v) is 7.80. The van der Waals surface area contributed by atoms with E-state index in [1.807, 2.05) is 12.1 Å². The lowest BCUT2D eigenvalue weighted by Crippen LogP contribution is -2.43. The number of benzene rings is 2. The number of rotatable bonds is 3. The Labute approximate surface area is 172 Å². The maximum absolute atomic E-state index is 13.0. The second-order valence-electron chi connectivity index (χ2n) is 7.20. The molecular formula is C20H24Cl2N2O2S. The first kappa shape index (κ1) is 20.5. The summed E-state index contributed by atoms with van der Waals surface area (Å²) >= 11 is 6.12. The molecule has 2 aliphatic rings. The van der Waals surface area contributed by atoms with Gasteiger partial charge in [-0.05, 0) is 75.3 Å². The second-order valence-corrected chi connectivity index (χ2v) is 9.53. The molecule has 0 spiro atoms. The summed E-state index contributed by atoms with van der Waals surface area (Å²) in [5.74, 6) is 0. The van der Waals surface area contributed by atoms with E-state index in [1.54, 1.807) is 30.3 Å². The van der Waals surface area contributed by atoms with Crippen LogP contribution >= 0.6 is 24.0 Å². The van der Waals surface area contributed by atoms with Crippen molar-refractivity contribution in [3.63, 3.8) is 0 Å².